The number of allylic oxidation sites excluding steroid dienone is 12. The molecule has 0 radical (unpaired) electrons. The minimum Gasteiger partial charge on any atom is -0.383 e. The second kappa shape index (κ2) is 17.8. The van der Waals surface area contributed by atoms with Crippen molar-refractivity contribution in [3.05, 3.63) is 204 Å². The molecule has 0 fully saturated rings. The van der Waals surface area contributed by atoms with E-state index in [0.717, 1.165) is 41.8 Å². The van der Waals surface area contributed by atoms with Crippen molar-refractivity contribution in [3.63, 3.8) is 0 Å². The number of hydrogen-bond donors (Lipinski definition) is 1. The van der Waals surface area contributed by atoms with Crippen LogP contribution in [-0.4, -0.2) is 31.1 Å². The van der Waals surface area contributed by atoms with Gasteiger partial charge >= 0.3 is 0 Å². The van der Waals surface area contributed by atoms with E-state index in [1.54, 1.807) is 0 Å². The molecule has 3 unspecified atom stereocenters. The average Bonchev–Trinajstić information content (AvgIpc) is 3.23. The van der Waals surface area contributed by atoms with Crippen LogP contribution in [0.5, 0.6) is 0 Å². The summed E-state index contributed by atoms with van der Waals surface area (Å²) in [6.07, 6.45) is 31.8. The molecule has 1 aliphatic carbocycles. The topological polar surface area (TPSA) is 36.8 Å². The summed E-state index contributed by atoms with van der Waals surface area (Å²) in [6.45, 7) is 12.5. The van der Waals surface area contributed by atoms with Crippen LogP contribution in [0.4, 0.5) is 0 Å². The highest BCUT2D eigenvalue weighted by Crippen LogP contribution is 2.41. The Morgan fingerprint density at radius 2 is 1.62 bits per heavy atom. The summed E-state index contributed by atoms with van der Waals surface area (Å²) in [5.74, 6) is 0.692. The van der Waals surface area contributed by atoms with Crippen LogP contribution in [-0.2, 0) is 6.42 Å². The van der Waals surface area contributed by atoms with E-state index in [-0.39, 0.29) is 6.04 Å². The first-order chi connectivity index (χ1) is 27.1. The highest BCUT2D eigenvalue weighted by atomic mass is 15.0. The Morgan fingerprint density at radius 1 is 0.873 bits per heavy atom. The SMILES string of the molecule is C=C(C(=NCC/C=C\C=C/C)c1ccc(-c2ccc(C3=CCNC4=C3C=CC3C=CC=NC43)c3ccccc23)cc1)c1ccccc1CC(C)/C=C\C=C/C. The minimum atomic E-state index is 0.111. The Morgan fingerprint density at radius 3 is 2.44 bits per heavy atom. The molecule has 0 spiro atoms. The van der Waals surface area contributed by atoms with Crippen molar-refractivity contribution in [2.45, 2.75) is 39.7 Å². The van der Waals surface area contributed by atoms with Gasteiger partial charge in [-0.2, -0.15) is 0 Å². The van der Waals surface area contributed by atoms with Gasteiger partial charge in [0.25, 0.3) is 0 Å². The molecule has 3 nitrogen and oxygen atoms in total. The van der Waals surface area contributed by atoms with E-state index >= 15 is 0 Å². The molecule has 274 valence electrons. The Balaban J connectivity index is 1.21. The maximum absolute atomic E-state index is 5.21. The monoisotopic (exact) mass is 717 g/mol. The zero-order valence-corrected chi connectivity index (χ0v) is 32.3. The number of benzene rings is 4. The van der Waals surface area contributed by atoms with Crippen molar-refractivity contribution >= 4 is 33.8 Å². The lowest BCUT2D eigenvalue weighted by molar-refractivity contribution is 0.597. The smallest absolute Gasteiger partial charge is 0.0997 e. The molecule has 55 heavy (non-hydrogen) atoms. The first-order valence-corrected chi connectivity index (χ1v) is 19.7. The van der Waals surface area contributed by atoms with Gasteiger partial charge in [-0.25, -0.2) is 0 Å². The van der Waals surface area contributed by atoms with Crippen molar-refractivity contribution in [2.24, 2.45) is 21.8 Å². The molecule has 0 bridgehead atoms. The number of nitrogens with one attached hydrogen (secondary N) is 1. The minimum absolute atomic E-state index is 0.111. The second-order valence-corrected chi connectivity index (χ2v) is 14.4. The van der Waals surface area contributed by atoms with E-state index in [1.165, 1.54) is 49.9 Å². The van der Waals surface area contributed by atoms with Gasteiger partial charge in [0.2, 0.25) is 0 Å². The van der Waals surface area contributed by atoms with Crippen LogP contribution >= 0.6 is 0 Å². The summed E-state index contributed by atoms with van der Waals surface area (Å²) in [5, 5.41) is 6.15. The van der Waals surface area contributed by atoms with Gasteiger partial charge in [-0.15, -0.1) is 0 Å². The number of aliphatic imine (C=N–C) groups is 2. The lowest BCUT2D eigenvalue weighted by Gasteiger charge is -2.33. The third kappa shape index (κ3) is 8.37. The predicted molar refractivity (Wildman–Crippen MR) is 239 cm³/mol. The first-order valence-electron chi connectivity index (χ1n) is 19.7. The summed E-state index contributed by atoms with van der Waals surface area (Å²) >= 11 is 0. The van der Waals surface area contributed by atoms with Crippen LogP contribution in [0.1, 0.15) is 49.4 Å². The van der Waals surface area contributed by atoms with Crippen molar-refractivity contribution in [1.82, 2.24) is 5.32 Å². The highest BCUT2D eigenvalue weighted by Gasteiger charge is 2.31. The van der Waals surface area contributed by atoms with E-state index in [2.05, 4.69) is 177 Å². The van der Waals surface area contributed by atoms with Gasteiger partial charge < -0.3 is 5.32 Å². The van der Waals surface area contributed by atoms with E-state index in [0.29, 0.717) is 18.4 Å². The molecule has 3 aliphatic rings. The molecule has 0 saturated heterocycles. The Labute approximate surface area is 327 Å². The molecule has 7 rings (SSSR count). The average molecular weight is 718 g/mol. The highest BCUT2D eigenvalue weighted by molar-refractivity contribution is 6.31. The summed E-state index contributed by atoms with van der Waals surface area (Å²) < 4.78 is 0. The van der Waals surface area contributed by atoms with Crippen LogP contribution in [0, 0.1) is 11.8 Å². The second-order valence-electron chi connectivity index (χ2n) is 14.4. The largest absolute Gasteiger partial charge is 0.383 e. The molecule has 0 amide bonds. The van der Waals surface area contributed by atoms with E-state index in [1.807, 2.05) is 26.1 Å². The van der Waals surface area contributed by atoms with Gasteiger partial charge in [0.05, 0.1) is 11.8 Å². The fourth-order valence-electron chi connectivity index (χ4n) is 7.87. The molecule has 0 saturated carbocycles. The molecule has 2 heterocycles. The fourth-order valence-corrected chi connectivity index (χ4v) is 7.87. The summed E-state index contributed by atoms with van der Waals surface area (Å²) in [7, 11) is 0. The lowest BCUT2D eigenvalue weighted by atomic mass is 9.80. The summed E-state index contributed by atoms with van der Waals surface area (Å²) in [5.41, 5.74) is 12.8. The molecule has 4 aromatic carbocycles. The van der Waals surface area contributed by atoms with Crippen molar-refractivity contribution in [3.8, 4) is 11.1 Å². The maximum Gasteiger partial charge on any atom is 0.0997 e. The summed E-state index contributed by atoms with van der Waals surface area (Å²) in [6, 6.07) is 31.1. The molecule has 1 N–H and O–H groups in total. The van der Waals surface area contributed by atoms with Crippen molar-refractivity contribution in [1.29, 1.82) is 0 Å². The van der Waals surface area contributed by atoms with Crippen molar-refractivity contribution < 1.29 is 0 Å². The van der Waals surface area contributed by atoms with Gasteiger partial charge in [-0.1, -0.05) is 171 Å². The number of dihydropyridines is 2. The quantitative estimate of drug-likeness (QED) is 0.0834. The Bertz CT molecular complexity index is 2350. The molecule has 3 atom stereocenters. The molecule has 2 aliphatic heterocycles. The predicted octanol–water partition coefficient (Wildman–Crippen LogP) is 12.3. The molecule has 0 aromatic heterocycles. The number of fused-ring (bicyclic) bond motifs is 3. The fraction of sp³-hybridized carbons (Fsp3) is 0.192. The van der Waals surface area contributed by atoms with E-state index in [4.69, 9.17) is 9.98 Å². The molecule has 3 heteroatoms. The van der Waals surface area contributed by atoms with Crippen LogP contribution < -0.4 is 5.32 Å². The van der Waals surface area contributed by atoms with Gasteiger partial charge in [-0.05, 0) is 82.8 Å². The zero-order chi connectivity index (χ0) is 38.0. The number of hydrogen-bond acceptors (Lipinski definition) is 3. The summed E-state index contributed by atoms with van der Waals surface area (Å²) in [4.78, 5) is 10.1. The number of nitrogens with zero attached hydrogens (tertiary/aromatic N) is 2. The van der Waals surface area contributed by atoms with Crippen LogP contribution in [0.3, 0.4) is 0 Å². The molecular formula is C52H51N3. The van der Waals surface area contributed by atoms with Gasteiger partial charge in [0, 0.05) is 47.6 Å². The first kappa shape index (κ1) is 37.3. The maximum atomic E-state index is 5.21. The molecular weight excluding hydrogens is 667 g/mol. The van der Waals surface area contributed by atoms with E-state index in [9.17, 15) is 0 Å². The third-order valence-corrected chi connectivity index (χ3v) is 10.6. The zero-order valence-electron chi connectivity index (χ0n) is 32.3. The normalized spacial score (nSPS) is 18.7. The number of rotatable bonds is 13. The van der Waals surface area contributed by atoms with Crippen LogP contribution in [0.25, 0.3) is 33.0 Å². The van der Waals surface area contributed by atoms with Gasteiger partial charge in [-0.3, -0.25) is 9.98 Å². The Kier molecular flexibility index (Phi) is 12.1. The van der Waals surface area contributed by atoms with Gasteiger partial charge in [0.1, 0.15) is 0 Å². The van der Waals surface area contributed by atoms with E-state index < -0.39 is 0 Å². The lowest BCUT2D eigenvalue weighted by Crippen LogP contribution is -2.34. The molecule has 4 aromatic rings. The Hall–Kier alpha value is -6.06. The van der Waals surface area contributed by atoms with Gasteiger partial charge in [0.15, 0.2) is 0 Å². The third-order valence-electron chi connectivity index (χ3n) is 10.6. The van der Waals surface area contributed by atoms with Crippen LogP contribution in [0.15, 0.2) is 192 Å². The standard InChI is InChI=1S/C52H51N3/c1-5-7-9-10-16-33-53-50(38(4)43-21-13-12-19-42(43)36-37(3)18-11-8-6-2)41-26-24-39(25-27-41)44-30-31-47(46-23-15-14-22-45(44)46)48-32-35-55-52-49(48)29-28-40-20-17-34-54-51(40)52/h5-15,17-32,34,37,40,51,55H,4,16,33,35-36H2,1-3H3/b7-5-,8-6-,10-9-,18-11-,53-50?. The van der Waals surface area contributed by atoms with Crippen LogP contribution in [0.2, 0.25) is 0 Å². The van der Waals surface area contributed by atoms with Crippen molar-refractivity contribution in [2.75, 3.05) is 13.1 Å².